The van der Waals surface area contributed by atoms with Crippen molar-refractivity contribution >= 4 is 0 Å². The van der Waals surface area contributed by atoms with Crippen molar-refractivity contribution in [2.45, 2.75) is 54.1 Å². The van der Waals surface area contributed by atoms with Gasteiger partial charge in [0.1, 0.15) is 0 Å². The number of hydrogen-bond acceptors (Lipinski definition) is 1. The SMILES string of the molecule is CC(C)(C)C/C=C/[C@H](O)C(C)(C)C. The Morgan fingerprint density at radius 1 is 1.08 bits per heavy atom. The van der Waals surface area contributed by atoms with E-state index >= 15 is 0 Å². The normalized spacial score (nSPS) is 16.5. The van der Waals surface area contributed by atoms with E-state index in [4.69, 9.17) is 0 Å². The van der Waals surface area contributed by atoms with Gasteiger partial charge in [0.05, 0.1) is 6.10 Å². The molecule has 0 aliphatic rings. The van der Waals surface area contributed by atoms with Crippen molar-refractivity contribution in [1.82, 2.24) is 0 Å². The summed E-state index contributed by atoms with van der Waals surface area (Å²) in [4.78, 5) is 0. The Hall–Kier alpha value is -0.300. The van der Waals surface area contributed by atoms with Crippen LogP contribution in [0.3, 0.4) is 0 Å². The first-order chi connectivity index (χ1) is 5.63. The van der Waals surface area contributed by atoms with Crippen LogP contribution in [0.15, 0.2) is 12.2 Å². The molecule has 0 saturated carbocycles. The second-order valence-corrected chi connectivity index (χ2v) is 6.00. The van der Waals surface area contributed by atoms with E-state index in [1.165, 1.54) is 0 Å². The highest BCUT2D eigenvalue weighted by molar-refractivity contribution is 4.95. The average molecular weight is 184 g/mol. The summed E-state index contributed by atoms with van der Waals surface area (Å²) >= 11 is 0. The number of rotatable bonds is 2. The Kier molecular flexibility index (Phi) is 4.18. The molecule has 0 spiro atoms. The lowest BCUT2D eigenvalue weighted by Gasteiger charge is -2.23. The smallest absolute Gasteiger partial charge is 0.0769 e. The molecule has 0 bridgehead atoms. The average Bonchev–Trinajstić information content (AvgIpc) is 1.82. The lowest BCUT2D eigenvalue weighted by molar-refractivity contribution is 0.105. The van der Waals surface area contributed by atoms with Crippen molar-refractivity contribution in [3.05, 3.63) is 12.2 Å². The van der Waals surface area contributed by atoms with E-state index in [0.717, 1.165) is 6.42 Å². The Labute approximate surface area is 82.9 Å². The molecule has 0 aliphatic carbocycles. The first-order valence-electron chi connectivity index (χ1n) is 4.98. The van der Waals surface area contributed by atoms with E-state index in [2.05, 4.69) is 26.8 Å². The third kappa shape index (κ3) is 6.83. The van der Waals surface area contributed by atoms with Crippen LogP contribution >= 0.6 is 0 Å². The fourth-order valence-corrected chi connectivity index (χ4v) is 0.839. The monoisotopic (exact) mass is 184 g/mol. The highest BCUT2D eigenvalue weighted by atomic mass is 16.3. The number of hydrogen-bond donors (Lipinski definition) is 1. The molecule has 0 rings (SSSR count). The highest BCUT2D eigenvalue weighted by Crippen LogP contribution is 2.22. The largest absolute Gasteiger partial charge is 0.388 e. The molecule has 0 aromatic carbocycles. The van der Waals surface area contributed by atoms with Crippen molar-refractivity contribution in [2.24, 2.45) is 10.8 Å². The second-order valence-electron chi connectivity index (χ2n) is 6.00. The van der Waals surface area contributed by atoms with Gasteiger partial charge in [-0.2, -0.15) is 0 Å². The molecular weight excluding hydrogens is 160 g/mol. The van der Waals surface area contributed by atoms with Crippen molar-refractivity contribution < 1.29 is 5.11 Å². The summed E-state index contributed by atoms with van der Waals surface area (Å²) in [5, 5.41) is 9.70. The van der Waals surface area contributed by atoms with Crippen molar-refractivity contribution in [2.75, 3.05) is 0 Å². The standard InChI is InChI=1S/C12H24O/c1-11(2,3)9-7-8-10(13)12(4,5)6/h7-8,10,13H,9H2,1-6H3/b8-7+/t10-/m0/s1. The molecule has 1 N–H and O–H groups in total. The molecule has 1 atom stereocenters. The minimum atomic E-state index is -0.338. The molecule has 78 valence electrons. The Bertz CT molecular complexity index is 167. The number of aliphatic hydroxyl groups excluding tert-OH is 1. The van der Waals surface area contributed by atoms with Crippen LogP contribution in [0.25, 0.3) is 0 Å². The fraction of sp³-hybridized carbons (Fsp3) is 0.833. The van der Waals surface area contributed by atoms with Crippen LogP contribution in [0.5, 0.6) is 0 Å². The molecule has 0 aromatic rings. The molecule has 0 fully saturated rings. The third-order valence-corrected chi connectivity index (χ3v) is 1.94. The molecule has 0 heterocycles. The molecule has 1 heteroatoms. The summed E-state index contributed by atoms with van der Waals surface area (Å²) in [6.07, 6.45) is 4.66. The van der Waals surface area contributed by atoms with Gasteiger partial charge in [-0.05, 0) is 17.3 Å². The van der Waals surface area contributed by atoms with Crippen LogP contribution in [-0.2, 0) is 0 Å². The van der Waals surface area contributed by atoms with E-state index in [0.29, 0.717) is 5.41 Å². The summed E-state index contributed by atoms with van der Waals surface area (Å²) < 4.78 is 0. The zero-order chi connectivity index (χ0) is 10.7. The highest BCUT2D eigenvalue weighted by Gasteiger charge is 2.19. The van der Waals surface area contributed by atoms with Gasteiger partial charge in [-0.1, -0.05) is 53.7 Å². The van der Waals surface area contributed by atoms with Gasteiger partial charge in [0, 0.05) is 0 Å². The quantitative estimate of drug-likeness (QED) is 0.652. The predicted octanol–water partition coefficient (Wildman–Crippen LogP) is 3.39. The summed E-state index contributed by atoms with van der Waals surface area (Å²) in [5.74, 6) is 0. The maximum absolute atomic E-state index is 9.70. The zero-order valence-corrected chi connectivity index (χ0v) is 9.89. The van der Waals surface area contributed by atoms with Crippen LogP contribution in [0.1, 0.15) is 48.0 Å². The molecule has 0 aliphatic heterocycles. The summed E-state index contributed by atoms with van der Waals surface area (Å²) in [7, 11) is 0. The first-order valence-corrected chi connectivity index (χ1v) is 4.98. The molecular formula is C12H24O. The zero-order valence-electron chi connectivity index (χ0n) is 9.89. The Morgan fingerprint density at radius 2 is 1.54 bits per heavy atom. The summed E-state index contributed by atoms with van der Waals surface area (Å²) in [6.45, 7) is 12.7. The van der Waals surface area contributed by atoms with Gasteiger partial charge >= 0.3 is 0 Å². The Balaban J connectivity index is 4.00. The minimum Gasteiger partial charge on any atom is -0.388 e. The predicted molar refractivity (Wildman–Crippen MR) is 58.7 cm³/mol. The van der Waals surface area contributed by atoms with E-state index < -0.39 is 0 Å². The van der Waals surface area contributed by atoms with Gasteiger partial charge in [0.15, 0.2) is 0 Å². The van der Waals surface area contributed by atoms with Crippen LogP contribution in [0.4, 0.5) is 0 Å². The van der Waals surface area contributed by atoms with Gasteiger partial charge in [-0.15, -0.1) is 0 Å². The van der Waals surface area contributed by atoms with E-state index in [1.807, 2.05) is 26.8 Å². The maximum atomic E-state index is 9.70. The van der Waals surface area contributed by atoms with Gasteiger partial charge in [-0.25, -0.2) is 0 Å². The van der Waals surface area contributed by atoms with Gasteiger partial charge in [0.2, 0.25) is 0 Å². The molecule has 13 heavy (non-hydrogen) atoms. The van der Waals surface area contributed by atoms with Gasteiger partial charge in [0.25, 0.3) is 0 Å². The van der Waals surface area contributed by atoms with E-state index in [1.54, 1.807) is 0 Å². The maximum Gasteiger partial charge on any atom is 0.0769 e. The van der Waals surface area contributed by atoms with Crippen molar-refractivity contribution in [3.63, 3.8) is 0 Å². The van der Waals surface area contributed by atoms with Crippen LogP contribution in [0.2, 0.25) is 0 Å². The van der Waals surface area contributed by atoms with Gasteiger partial charge < -0.3 is 5.11 Å². The second kappa shape index (κ2) is 4.28. The van der Waals surface area contributed by atoms with Crippen LogP contribution in [0, 0.1) is 10.8 Å². The molecule has 0 amide bonds. The lowest BCUT2D eigenvalue weighted by Crippen LogP contribution is -2.23. The van der Waals surface area contributed by atoms with Gasteiger partial charge in [-0.3, -0.25) is 0 Å². The topological polar surface area (TPSA) is 20.2 Å². The summed E-state index contributed by atoms with van der Waals surface area (Å²) in [5.41, 5.74) is 0.266. The molecule has 0 aromatic heterocycles. The lowest BCUT2D eigenvalue weighted by atomic mass is 9.87. The van der Waals surface area contributed by atoms with Crippen LogP contribution in [-0.4, -0.2) is 11.2 Å². The molecule has 1 nitrogen and oxygen atoms in total. The van der Waals surface area contributed by atoms with E-state index in [-0.39, 0.29) is 11.5 Å². The minimum absolute atomic E-state index is 0.0472. The van der Waals surface area contributed by atoms with Crippen molar-refractivity contribution in [3.8, 4) is 0 Å². The number of aliphatic hydroxyl groups is 1. The van der Waals surface area contributed by atoms with Crippen molar-refractivity contribution in [1.29, 1.82) is 0 Å². The third-order valence-electron chi connectivity index (χ3n) is 1.94. The summed E-state index contributed by atoms with van der Waals surface area (Å²) in [6, 6.07) is 0. The Morgan fingerprint density at radius 3 is 1.85 bits per heavy atom. The molecule has 0 saturated heterocycles. The molecule has 0 radical (unpaired) electrons. The first kappa shape index (κ1) is 12.7. The van der Waals surface area contributed by atoms with E-state index in [9.17, 15) is 5.11 Å². The number of allylic oxidation sites excluding steroid dienone is 1. The molecule has 0 unspecified atom stereocenters. The van der Waals surface area contributed by atoms with Crippen LogP contribution < -0.4 is 0 Å². The fourth-order valence-electron chi connectivity index (χ4n) is 0.839.